The number of nitrogens with zero attached hydrogens (tertiary/aromatic N) is 1. The smallest absolute Gasteiger partial charge is 0.319 e. The summed E-state index contributed by atoms with van der Waals surface area (Å²) in [5, 5.41) is 14.8. The Morgan fingerprint density at radius 3 is 2.71 bits per heavy atom. The standard InChI is InChI=1S/C22H29N3O6/c1-25-17-8-7-15(11-20(26)27)31-19(17)12-30-18-9-6-14(10-16(18)21(25)28)24-22(29)23-13-4-2-3-5-13/h6,9-10,13,15,17,19H,2-5,7-8,11-12H2,1H3,(H,26,27)(H2,23,24,29)/t15-,17-,19+/m1/s1. The zero-order valence-electron chi connectivity index (χ0n) is 17.6. The lowest BCUT2D eigenvalue weighted by Crippen LogP contribution is -2.53. The number of anilines is 1. The van der Waals surface area contributed by atoms with E-state index in [1.54, 1.807) is 30.1 Å². The van der Waals surface area contributed by atoms with E-state index in [2.05, 4.69) is 10.6 Å². The van der Waals surface area contributed by atoms with Crippen molar-refractivity contribution in [3.05, 3.63) is 23.8 Å². The number of hydrogen-bond acceptors (Lipinski definition) is 5. The van der Waals surface area contributed by atoms with E-state index < -0.39 is 12.1 Å². The van der Waals surface area contributed by atoms with Crippen molar-refractivity contribution >= 4 is 23.6 Å². The molecule has 1 aliphatic carbocycles. The topological polar surface area (TPSA) is 117 Å². The summed E-state index contributed by atoms with van der Waals surface area (Å²) < 4.78 is 11.8. The molecule has 0 spiro atoms. The highest BCUT2D eigenvalue weighted by atomic mass is 16.5. The minimum atomic E-state index is -0.901. The van der Waals surface area contributed by atoms with Gasteiger partial charge in [0, 0.05) is 18.8 Å². The van der Waals surface area contributed by atoms with E-state index in [9.17, 15) is 14.4 Å². The summed E-state index contributed by atoms with van der Waals surface area (Å²) in [4.78, 5) is 38.2. The lowest BCUT2D eigenvalue weighted by atomic mass is 9.94. The molecule has 3 amide bonds. The van der Waals surface area contributed by atoms with Crippen LogP contribution in [0.2, 0.25) is 0 Å². The summed E-state index contributed by atoms with van der Waals surface area (Å²) in [5.74, 6) is -0.701. The minimum Gasteiger partial charge on any atom is -0.490 e. The minimum absolute atomic E-state index is 0.0601. The summed E-state index contributed by atoms with van der Waals surface area (Å²) in [6.45, 7) is 0.223. The number of ether oxygens (including phenoxy) is 2. The molecule has 168 valence electrons. The zero-order valence-corrected chi connectivity index (χ0v) is 17.6. The number of benzene rings is 1. The summed E-state index contributed by atoms with van der Waals surface area (Å²) in [6.07, 6.45) is 4.63. The van der Waals surface area contributed by atoms with Gasteiger partial charge >= 0.3 is 12.0 Å². The van der Waals surface area contributed by atoms with Gasteiger partial charge in [0.2, 0.25) is 0 Å². The molecule has 3 N–H and O–H groups in total. The van der Waals surface area contributed by atoms with Crippen molar-refractivity contribution in [2.75, 3.05) is 19.0 Å². The average molecular weight is 431 g/mol. The van der Waals surface area contributed by atoms with Gasteiger partial charge in [-0.3, -0.25) is 9.59 Å². The van der Waals surface area contributed by atoms with Crippen LogP contribution in [0.25, 0.3) is 0 Å². The first kappa shape index (κ1) is 21.4. The van der Waals surface area contributed by atoms with E-state index in [0.29, 0.717) is 29.8 Å². The van der Waals surface area contributed by atoms with Crippen molar-refractivity contribution in [2.24, 2.45) is 0 Å². The first-order chi connectivity index (χ1) is 14.9. The lowest BCUT2D eigenvalue weighted by Gasteiger charge is -2.42. The maximum Gasteiger partial charge on any atom is 0.319 e. The molecule has 1 aromatic carbocycles. The molecule has 3 aliphatic rings. The van der Waals surface area contributed by atoms with Gasteiger partial charge in [0.05, 0.1) is 24.1 Å². The number of carboxylic acid groups (broad SMARTS) is 1. The number of hydrogen-bond donors (Lipinski definition) is 3. The fourth-order valence-corrected chi connectivity index (χ4v) is 4.72. The highest BCUT2D eigenvalue weighted by molar-refractivity contribution is 5.99. The Bertz CT molecular complexity index is 854. The first-order valence-corrected chi connectivity index (χ1v) is 10.9. The molecule has 0 bridgehead atoms. The highest BCUT2D eigenvalue weighted by Crippen LogP contribution is 2.32. The third-order valence-corrected chi connectivity index (χ3v) is 6.36. The quantitative estimate of drug-likeness (QED) is 0.675. The fraction of sp³-hybridized carbons (Fsp3) is 0.591. The molecule has 0 radical (unpaired) electrons. The summed E-state index contributed by atoms with van der Waals surface area (Å²) >= 11 is 0. The molecule has 0 unspecified atom stereocenters. The number of urea groups is 1. The Kier molecular flexibility index (Phi) is 6.31. The largest absolute Gasteiger partial charge is 0.490 e. The van der Waals surface area contributed by atoms with Crippen LogP contribution in [0.15, 0.2) is 18.2 Å². The van der Waals surface area contributed by atoms with Crippen molar-refractivity contribution in [1.82, 2.24) is 10.2 Å². The van der Waals surface area contributed by atoms with Crippen LogP contribution in [-0.2, 0) is 9.53 Å². The van der Waals surface area contributed by atoms with Gasteiger partial charge in [-0.25, -0.2) is 4.79 Å². The monoisotopic (exact) mass is 431 g/mol. The van der Waals surface area contributed by atoms with Crippen molar-refractivity contribution in [3.8, 4) is 5.75 Å². The number of carbonyl (C=O) groups is 3. The van der Waals surface area contributed by atoms with Crippen molar-refractivity contribution < 1.29 is 29.0 Å². The van der Waals surface area contributed by atoms with Gasteiger partial charge in [-0.15, -0.1) is 0 Å². The van der Waals surface area contributed by atoms with E-state index in [-0.39, 0.29) is 43.2 Å². The van der Waals surface area contributed by atoms with E-state index in [4.69, 9.17) is 14.6 Å². The van der Waals surface area contributed by atoms with Gasteiger partial charge in [0.15, 0.2) is 0 Å². The predicted octanol–water partition coefficient (Wildman–Crippen LogP) is 2.61. The number of likely N-dealkylation sites (N-methyl/N-ethyl adjacent to an activating group) is 1. The van der Waals surface area contributed by atoms with E-state index in [0.717, 1.165) is 25.7 Å². The lowest BCUT2D eigenvalue weighted by molar-refractivity contribution is -0.148. The Balaban J connectivity index is 1.47. The van der Waals surface area contributed by atoms with Gasteiger partial charge in [0.1, 0.15) is 18.5 Å². The Labute approximate surface area is 181 Å². The van der Waals surface area contributed by atoms with Crippen molar-refractivity contribution in [3.63, 3.8) is 0 Å². The van der Waals surface area contributed by atoms with Crippen LogP contribution in [0, 0.1) is 0 Å². The van der Waals surface area contributed by atoms with Crippen LogP contribution in [0.3, 0.4) is 0 Å². The maximum atomic E-state index is 13.2. The van der Waals surface area contributed by atoms with Gasteiger partial charge < -0.3 is 30.1 Å². The normalized spacial score (nSPS) is 26.2. The molecule has 9 nitrogen and oxygen atoms in total. The molecule has 9 heteroatoms. The molecule has 3 atom stereocenters. The molecular weight excluding hydrogens is 402 g/mol. The summed E-state index contributed by atoms with van der Waals surface area (Å²) in [6, 6.07) is 4.74. The second-order valence-electron chi connectivity index (χ2n) is 8.56. The van der Waals surface area contributed by atoms with Crippen LogP contribution in [0.5, 0.6) is 5.75 Å². The number of amides is 3. The molecule has 2 heterocycles. The highest BCUT2D eigenvalue weighted by Gasteiger charge is 2.39. The van der Waals surface area contributed by atoms with Crippen LogP contribution < -0.4 is 15.4 Å². The first-order valence-electron chi connectivity index (χ1n) is 10.9. The number of rotatable bonds is 4. The molecule has 2 fully saturated rings. The molecule has 31 heavy (non-hydrogen) atoms. The van der Waals surface area contributed by atoms with Crippen LogP contribution in [0.4, 0.5) is 10.5 Å². The Morgan fingerprint density at radius 1 is 1.19 bits per heavy atom. The number of fused-ring (bicyclic) bond motifs is 2. The number of carbonyl (C=O) groups excluding carboxylic acids is 2. The van der Waals surface area contributed by atoms with Crippen LogP contribution in [0.1, 0.15) is 55.3 Å². The van der Waals surface area contributed by atoms with E-state index in [1.807, 2.05) is 0 Å². The molecule has 1 saturated heterocycles. The molecule has 1 aromatic rings. The van der Waals surface area contributed by atoms with Gasteiger partial charge in [-0.2, -0.15) is 0 Å². The number of aliphatic carboxylic acids is 1. The van der Waals surface area contributed by atoms with E-state index >= 15 is 0 Å². The van der Waals surface area contributed by atoms with E-state index in [1.165, 1.54) is 0 Å². The SMILES string of the molecule is CN1C(=O)c2cc(NC(=O)NC3CCCC3)ccc2OC[C@@H]2O[C@@H](CC(=O)O)CC[C@H]21. The van der Waals surface area contributed by atoms with Gasteiger partial charge in [0.25, 0.3) is 5.91 Å². The van der Waals surface area contributed by atoms with Crippen LogP contribution in [-0.4, -0.2) is 65.9 Å². The average Bonchev–Trinajstić information content (AvgIpc) is 3.23. The molecule has 2 aliphatic heterocycles. The summed E-state index contributed by atoms with van der Waals surface area (Å²) in [7, 11) is 1.73. The summed E-state index contributed by atoms with van der Waals surface area (Å²) in [5.41, 5.74) is 0.908. The number of nitrogens with one attached hydrogen (secondary N) is 2. The van der Waals surface area contributed by atoms with Gasteiger partial charge in [-0.1, -0.05) is 12.8 Å². The zero-order chi connectivity index (χ0) is 22.0. The second-order valence-corrected chi connectivity index (χ2v) is 8.56. The van der Waals surface area contributed by atoms with Gasteiger partial charge in [-0.05, 0) is 43.9 Å². The molecular formula is C22H29N3O6. The molecule has 0 aromatic heterocycles. The van der Waals surface area contributed by atoms with Crippen molar-refractivity contribution in [1.29, 1.82) is 0 Å². The van der Waals surface area contributed by atoms with Crippen molar-refractivity contribution in [2.45, 2.75) is 69.2 Å². The fourth-order valence-electron chi connectivity index (χ4n) is 4.72. The predicted molar refractivity (Wildman–Crippen MR) is 112 cm³/mol. The Hall–Kier alpha value is -2.81. The third-order valence-electron chi connectivity index (χ3n) is 6.36. The Morgan fingerprint density at radius 2 is 1.97 bits per heavy atom. The molecule has 1 saturated carbocycles. The number of carboxylic acids is 1. The van der Waals surface area contributed by atoms with Crippen LogP contribution >= 0.6 is 0 Å². The third kappa shape index (κ3) is 4.92. The molecule has 4 rings (SSSR count). The maximum absolute atomic E-state index is 13.2. The second kappa shape index (κ2) is 9.13.